The van der Waals surface area contributed by atoms with Crippen LogP contribution in [0.25, 0.3) is 0 Å². The summed E-state index contributed by atoms with van der Waals surface area (Å²) in [5, 5.41) is 13.7. The Labute approximate surface area is 108 Å². The van der Waals surface area contributed by atoms with Gasteiger partial charge in [0.1, 0.15) is 6.33 Å². The van der Waals surface area contributed by atoms with E-state index < -0.39 is 26.5 Å². The van der Waals surface area contributed by atoms with E-state index in [0.717, 1.165) is 6.33 Å². The molecule has 1 unspecified atom stereocenters. The molecule has 11 heteroatoms. The number of nitrogens with two attached hydrogens (primary N) is 1. The van der Waals surface area contributed by atoms with E-state index in [1.807, 2.05) is 0 Å². The molecule has 0 aliphatic carbocycles. The van der Waals surface area contributed by atoms with Gasteiger partial charge in [-0.15, -0.1) is 0 Å². The molecule has 1 aliphatic heterocycles. The van der Waals surface area contributed by atoms with Crippen LogP contribution in [0.3, 0.4) is 0 Å². The van der Waals surface area contributed by atoms with E-state index in [1.165, 1.54) is 0 Å². The molecule has 104 valence electrons. The van der Waals surface area contributed by atoms with Gasteiger partial charge in [-0.1, -0.05) is 0 Å². The van der Waals surface area contributed by atoms with Crippen LogP contribution in [0.5, 0.6) is 0 Å². The monoisotopic (exact) mass is 288 g/mol. The van der Waals surface area contributed by atoms with Gasteiger partial charge < -0.3 is 10.7 Å². The number of rotatable bonds is 4. The van der Waals surface area contributed by atoms with Gasteiger partial charge in [-0.3, -0.25) is 10.1 Å². The van der Waals surface area contributed by atoms with Gasteiger partial charge in [-0.05, 0) is 6.42 Å². The van der Waals surface area contributed by atoms with Crippen molar-refractivity contribution in [3.8, 4) is 0 Å². The van der Waals surface area contributed by atoms with Gasteiger partial charge in [0.05, 0.1) is 16.4 Å². The third-order valence-electron chi connectivity index (χ3n) is 2.71. The van der Waals surface area contributed by atoms with Crippen molar-refractivity contribution in [3.63, 3.8) is 0 Å². The van der Waals surface area contributed by atoms with E-state index in [0.29, 0.717) is 6.42 Å². The first kappa shape index (κ1) is 13.4. The molecule has 2 rings (SSSR count). The predicted octanol–water partition coefficient (Wildman–Crippen LogP) is -0.731. The quantitative estimate of drug-likeness (QED) is 0.369. The van der Waals surface area contributed by atoms with Crippen molar-refractivity contribution in [3.05, 3.63) is 16.4 Å². The maximum absolute atomic E-state index is 11.3. The van der Waals surface area contributed by atoms with Gasteiger partial charge >= 0.3 is 5.69 Å². The minimum Gasteiger partial charge on any atom is -0.360 e. The van der Waals surface area contributed by atoms with Crippen LogP contribution in [0.15, 0.2) is 6.33 Å². The van der Waals surface area contributed by atoms with Crippen molar-refractivity contribution >= 4 is 27.2 Å². The van der Waals surface area contributed by atoms with E-state index >= 15 is 0 Å². The number of sulfone groups is 1. The van der Waals surface area contributed by atoms with Crippen LogP contribution in [0.2, 0.25) is 0 Å². The topological polar surface area (TPSA) is 153 Å². The van der Waals surface area contributed by atoms with Crippen LogP contribution < -0.4 is 16.6 Å². The number of nitrogens with zero attached hydrogens (tertiary/aromatic N) is 3. The average molecular weight is 288 g/mol. The fourth-order valence-electron chi connectivity index (χ4n) is 1.87. The first-order chi connectivity index (χ1) is 8.93. The molecule has 1 saturated heterocycles. The lowest BCUT2D eigenvalue weighted by atomic mass is 10.2. The van der Waals surface area contributed by atoms with Gasteiger partial charge in [-0.25, -0.2) is 24.2 Å². The highest BCUT2D eigenvalue weighted by molar-refractivity contribution is 7.91. The number of nitrogens with one attached hydrogen (secondary N) is 2. The molecular formula is C8H12N6O4S. The van der Waals surface area contributed by atoms with Gasteiger partial charge in [0.15, 0.2) is 9.84 Å². The highest BCUT2D eigenvalue weighted by Crippen LogP contribution is 2.29. The smallest absolute Gasteiger partial charge is 0.354 e. The molecule has 0 saturated carbocycles. The Morgan fingerprint density at radius 1 is 1.42 bits per heavy atom. The number of hydrogen-bond donors (Lipinski definition) is 3. The molecular weight excluding hydrogens is 276 g/mol. The zero-order valence-corrected chi connectivity index (χ0v) is 10.6. The first-order valence-corrected chi connectivity index (χ1v) is 7.18. The van der Waals surface area contributed by atoms with Crippen molar-refractivity contribution in [2.24, 2.45) is 5.84 Å². The number of aromatic nitrogens is 2. The lowest BCUT2D eigenvalue weighted by Gasteiger charge is -2.12. The zero-order chi connectivity index (χ0) is 14.0. The standard InChI is InChI=1S/C8H12N6O4S/c9-13-8-6(14(15)16)7(10-4-11-8)12-5-1-2-19(17,18)3-5/h4-5H,1-3,9H2,(H2,10,11,12,13). The third-order valence-corrected chi connectivity index (χ3v) is 4.48. The molecule has 4 N–H and O–H groups in total. The van der Waals surface area contributed by atoms with Gasteiger partial charge in [0.2, 0.25) is 11.6 Å². The summed E-state index contributed by atoms with van der Waals surface area (Å²) in [6.07, 6.45) is 1.49. The molecule has 19 heavy (non-hydrogen) atoms. The minimum atomic E-state index is -3.08. The second-order valence-electron chi connectivity index (χ2n) is 4.07. The van der Waals surface area contributed by atoms with Crippen LogP contribution in [-0.2, 0) is 9.84 Å². The van der Waals surface area contributed by atoms with Gasteiger partial charge in [-0.2, -0.15) is 0 Å². The highest BCUT2D eigenvalue weighted by atomic mass is 32.2. The molecule has 0 spiro atoms. The fraction of sp³-hybridized carbons (Fsp3) is 0.500. The Hall–Kier alpha value is -2.01. The molecule has 0 amide bonds. The van der Waals surface area contributed by atoms with Crippen molar-refractivity contribution in [2.75, 3.05) is 22.2 Å². The fourth-order valence-corrected chi connectivity index (χ4v) is 3.54. The number of anilines is 2. The lowest BCUT2D eigenvalue weighted by molar-refractivity contribution is -0.383. The molecule has 1 atom stereocenters. The predicted molar refractivity (Wildman–Crippen MR) is 67.2 cm³/mol. The molecule has 1 aliphatic rings. The molecule has 0 aromatic carbocycles. The summed E-state index contributed by atoms with van der Waals surface area (Å²) in [6.45, 7) is 0. The number of nitrogen functional groups attached to an aromatic ring is 1. The van der Waals surface area contributed by atoms with E-state index in [1.54, 1.807) is 0 Å². The summed E-state index contributed by atoms with van der Waals surface area (Å²) in [6, 6.07) is -0.399. The molecule has 0 bridgehead atoms. The Kier molecular flexibility index (Phi) is 3.48. The van der Waals surface area contributed by atoms with Gasteiger partial charge in [0, 0.05) is 6.04 Å². The van der Waals surface area contributed by atoms with Crippen molar-refractivity contribution in [1.82, 2.24) is 9.97 Å². The summed E-state index contributed by atoms with van der Waals surface area (Å²) >= 11 is 0. The van der Waals surface area contributed by atoms with E-state index in [9.17, 15) is 18.5 Å². The minimum absolute atomic E-state index is 0.0462. The van der Waals surface area contributed by atoms with E-state index in [-0.39, 0.29) is 23.1 Å². The van der Waals surface area contributed by atoms with Crippen LogP contribution in [-0.4, -0.2) is 40.9 Å². The second kappa shape index (κ2) is 4.93. The lowest BCUT2D eigenvalue weighted by Crippen LogP contribution is -2.23. The summed E-state index contributed by atoms with van der Waals surface area (Å²) in [4.78, 5) is 17.7. The average Bonchev–Trinajstić information content (AvgIpc) is 2.68. The van der Waals surface area contributed by atoms with Crippen LogP contribution in [0.4, 0.5) is 17.3 Å². The summed E-state index contributed by atoms with van der Waals surface area (Å²) in [7, 11) is -3.08. The maximum Gasteiger partial charge on any atom is 0.354 e. The van der Waals surface area contributed by atoms with Gasteiger partial charge in [0.25, 0.3) is 0 Å². The SMILES string of the molecule is NNc1ncnc(NC2CCS(=O)(=O)C2)c1[N+](=O)[O-]. The molecule has 1 aromatic heterocycles. The summed E-state index contributed by atoms with van der Waals surface area (Å²) in [5.41, 5.74) is 1.70. The molecule has 2 heterocycles. The maximum atomic E-state index is 11.3. The number of hydrazine groups is 1. The number of hydrogen-bond acceptors (Lipinski definition) is 9. The Bertz CT molecular complexity index is 603. The zero-order valence-electron chi connectivity index (χ0n) is 9.74. The van der Waals surface area contributed by atoms with Crippen LogP contribution in [0.1, 0.15) is 6.42 Å². The highest BCUT2D eigenvalue weighted by Gasteiger charge is 2.31. The Morgan fingerprint density at radius 2 is 2.11 bits per heavy atom. The third kappa shape index (κ3) is 2.88. The first-order valence-electron chi connectivity index (χ1n) is 5.36. The van der Waals surface area contributed by atoms with Crippen molar-refractivity contribution < 1.29 is 13.3 Å². The normalized spacial score (nSPS) is 21.0. The Morgan fingerprint density at radius 3 is 2.63 bits per heavy atom. The van der Waals surface area contributed by atoms with Crippen LogP contribution >= 0.6 is 0 Å². The molecule has 1 fully saturated rings. The number of nitro groups is 1. The Balaban J connectivity index is 2.28. The summed E-state index contributed by atoms with van der Waals surface area (Å²) < 4.78 is 22.7. The largest absolute Gasteiger partial charge is 0.360 e. The van der Waals surface area contributed by atoms with Crippen molar-refractivity contribution in [2.45, 2.75) is 12.5 Å². The summed E-state index contributed by atoms with van der Waals surface area (Å²) in [5.74, 6) is 4.95. The van der Waals surface area contributed by atoms with Crippen molar-refractivity contribution in [1.29, 1.82) is 0 Å². The van der Waals surface area contributed by atoms with E-state index in [2.05, 4.69) is 20.7 Å². The molecule has 10 nitrogen and oxygen atoms in total. The van der Waals surface area contributed by atoms with E-state index in [4.69, 9.17) is 5.84 Å². The molecule has 0 radical (unpaired) electrons. The van der Waals surface area contributed by atoms with Crippen LogP contribution in [0, 0.1) is 10.1 Å². The second-order valence-corrected chi connectivity index (χ2v) is 6.29. The molecule has 1 aromatic rings.